The van der Waals surface area contributed by atoms with Gasteiger partial charge < -0.3 is 9.47 Å². The highest BCUT2D eigenvalue weighted by Gasteiger charge is 2.00. The Kier molecular flexibility index (Phi) is 10.0. The molecule has 4 nitrogen and oxygen atoms in total. The monoisotopic (exact) mass is 256 g/mol. The molecule has 0 rings (SSSR count). The summed E-state index contributed by atoms with van der Waals surface area (Å²) in [5.41, 5.74) is 0. The normalized spacial score (nSPS) is 10.9. The van der Waals surface area contributed by atoms with Gasteiger partial charge in [-0.25, -0.2) is 9.59 Å². The van der Waals surface area contributed by atoms with Crippen LogP contribution in [-0.4, -0.2) is 25.2 Å². The predicted molar refractivity (Wildman–Crippen MR) is 70.0 cm³/mol. The molecular weight excluding hydrogens is 232 g/mol. The van der Waals surface area contributed by atoms with Crippen LogP contribution in [0, 0.1) is 5.92 Å². The maximum absolute atomic E-state index is 11.2. The number of hydrogen-bond donors (Lipinski definition) is 0. The third kappa shape index (κ3) is 11.2. The van der Waals surface area contributed by atoms with Crippen LogP contribution in [0.2, 0.25) is 0 Å². The number of carbonyl (C=O) groups excluding carboxylic acids is 2. The summed E-state index contributed by atoms with van der Waals surface area (Å²) in [7, 11) is 0. The van der Waals surface area contributed by atoms with Crippen molar-refractivity contribution in [2.75, 3.05) is 13.2 Å². The summed E-state index contributed by atoms with van der Waals surface area (Å²) < 4.78 is 9.58. The standard InChI is InChI=1S/C14H24O4/c1-4-17-13(15)9-10-14(16)18-11-7-5-6-8-12(2)3/h9-10,12H,4-8,11H2,1-3H3/b10-9-. The van der Waals surface area contributed by atoms with Gasteiger partial charge in [-0.3, -0.25) is 0 Å². The van der Waals surface area contributed by atoms with Crippen molar-refractivity contribution in [2.24, 2.45) is 5.92 Å². The van der Waals surface area contributed by atoms with E-state index in [9.17, 15) is 9.59 Å². The van der Waals surface area contributed by atoms with Gasteiger partial charge in [-0.2, -0.15) is 0 Å². The van der Waals surface area contributed by atoms with E-state index in [0.717, 1.165) is 37.3 Å². The summed E-state index contributed by atoms with van der Waals surface area (Å²) in [5.74, 6) is -0.293. The van der Waals surface area contributed by atoms with Crippen molar-refractivity contribution in [3.8, 4) is 0 Å². The molecule has 0 heterocycles. The first-order chi connectivity index (χ1) is 8.56. The number of hydrogen-bond acceptors (Lipinski definition) is 4. The van der Waals surface area contributed by atoms with E-state index in [1.54, 1.807) is 6.92 Å². The number of carbonyl (C=O) groups is 2. The van der Waals surface area contributed by atoms with Crippen LogP contribution in [0.1, 0.15) is 46.5 Å². The molecule has 0 aromatic carbocycles. The van der Waals surface area contributed by atoms with Gasteiger partial charge in [-0.1, -0.05) is 33.1 Å². The molecule has 0 amide bonds. The first-order valence-corrected chi connectivity index (χ1v) is 6.57. The maximum atomic E-state index is 11.2. The largest absolute Gasteiger partial charge is 0.463 e. The number of esters is 2. The van der Waals surface area contributed by atoms with E-state index in [1.807, 2.05) is 0 Å². The highest BCUT2D eigenvalue weighted by Crippen LogP contribution is 2.07. The van der Waals surface area contributed by atoms with E-state index in [1.165, 1.54) is 6.42 Å². The topological polar surface area (TPSA) is 52.6 Å². The Labute approximate surface area is 109 Å². The van der Waals surface area contributed by atoms with E-state index < -0.39 is 11.9 Å². The molecule has 0 N–H and O–H groups in total. The minimum Gasteiger partial charge on any atom is -0.463 e. The minimum atomic E-state index is -0.522. The van der Waals surface area contributed by atoms with Gasteiger partial charge in [0.2, 0.25) is 0 Å². The molecule has 0 radical (unpaired) electrons. The second kappa shape index (κ2) is 10.8. The van der Waals surface area contributed by atoms with Crippen LogP contribution in [0.4, 0.5) is 0 Å². The molecule has 0 aliphatic heterocycles. The smallest absolute Gasteiger partial charge is 0.331 e. The van der Waals surface area contributed by atoms with Crippen LogP contribution >= 0.6 is 0 Å². The zero-order chi connectivity index (χ0) is 13.8. The molecule has 0 saturated carbocycles. The molecule has 0 aromatic rings. The molecule has 0 spiro atoms. The summed E-state index contributed by atoms with van der Waals surface area (Å²) >= 11 is 0. The van der Waals surface area contributed by atoms with E-state index >= 15 is 0 Å². The Hall–Kier alpha value is -1.32. The Morgan fingerprint density at radius 2 is 1.61 bits per heavy atom. The summed E-state index contributed by atoms with van der Waals surface area (Å²) in [6, 6.07) is 0. The minimum absolute atomic E-state index is 0.300. The molecule has 0 fully saturated rings. The molecule has 0 aliphatic rings. The molecule has 0 bridgehead atoms. The Morgan fingerprint density at radius 3 is 2.17 bits per heavy atom. The molecule has 4 heteroatoms. The SMILES string of the molecule is CCOC(=O)/C=C\C(=O)OCCCCCC(C)C. The average Bonchev–Trinajstić information content (AvgIpc) is 2.31. The molecule has 0 saturated heterocycles. The van der Waals surface area contributed by atoms with E-state index in [4.69, 9.17) is 4.74 Å². The van der Waals surface area contributed by atoms with Crippen LogP contribution < -0.4 is 0 Å². The van der Waals surface area contributed by atoms with Gasteiger partial charge in [0.05, 0.1) is 13.2 Å². The van der Waals surface area contributed by atoms with Crippen molar-refractivity contribution in [1.82, 2.24) is 0 Å². The lowest BCUT2D eigenvalue weighted by Gasteiger charge is -2.04. The van der Waals surface area contributed by atoms with Gasteiger partial charge in [0.15, 0.2) is 0 Å². The lowest BCUT2D eigenvalue weighted by Crippen LogP contribution is -2.05. The van der Waals surface area contributed by atoms with Gasteiger partial charge >= 0.3 is 11.9 Å². The van der Waals surface area contributed by atoms with Crippen molar-refractivity contribution in [1.29, 1.82) is 0 Å². The molecule has 0 atom stereocenters. The van der Waals surface area contributed by atoms with Crippen LogP contribution in [-0.2, 0) is 19.1 Å². The third-order valence-corrected chi connectivity index (χ3v) is 2.31. The summed E-state index contributed by atoms with van der Waals surface area (Å²) in [6.07, 6.45) is 6.49. The van der Waals surface area contributed by atoms with Crippen molar-refractivity contribution in [3.05, 3.63) is 12.2 Å². The second-order valence-corrected chi connectivity index (χ2v) is 4.50. The van der Waals surface area contributed by atoms with Crippen LogP contribution in [0.15, 0.2) is 12.2 Å². The lowest BCUT2D eigenvalue weighted by atomic mass is 10.1. The molecule has 0 unspecified atom stereocenters. The van der Waals surface area contributed by atoms with Crippen LogP contribution in [0.3, 0.4) is 0 Å². The number of rotatable bonds is 9. The number of unbranched alkanes of at least 4 members (excludes halogenated alkanes) is 2. The molecular formula is C14H24O4. The quantitative estimate of drug-likeness (QED) is 0.361. The zero-order valence-electron chi connectivity index (χ0n) is 11.6. The number of ether oxygens (including phenoxy) is 2. The zero-order valence-corrected chi connectivity index (χ0v) is 11.6. The molecule has 18 heavy (non-hydrogen) atoms. The van der Waals surface area contributed by atoms with Gasteiger partial charge in [-0.15, -0.1) is 0 Å². The highest BCUT2D eigenvalue weighted by atomic mass is 16.5. The van der Waals surface area contributed by atoms with Crippen LogP contribution in [0.5, 0.6) is 0 Å². The van der Waals surface area contributed by atoms with E-state index in [0.29, 0.717) is 13.2 Å². The van der Waals surface area contributed by atoms with E-state index in [-0.39, 0.29) is 0 Å². The third-order valence-electron chi connectivity index (χ3n) is 2.31. The first-order valence-electron chi connectivity index (χ1n) is 6.57. The van der Waals surface area contributed by atoms with Gasteiger partial charge in [0.1, 0.15) is 0 Å². The van der Waals surface area contributed by atoms with Gasteiger partial charge in [0, 0.05) is 12.2 Å². The fraction of sp³-hybridized carbons (Fsp3) is 0.714. The highest BCUT2D eigenvalue weighted by molar-refractivity contribution is 5.91. The first kappa shape index (κ1) is 16.7. The predicted octanol–water partition coefficient (Wildman–Crippen LogP) is 2.87. The molecule has 104 valence electrons. The fourth-order valence-electron chi connectivity index (χ4n) is 1.38. The van der Waals surface area contributed by atoms with Crippen LogP contribution in [0.25, 0.3) is 0 Å². The lowest BCUT2D eigenvalue weighted by molar-refractivity contribution is -0.140. The Bertz CT molecular complexity index is 269. The summed E-state index contributed by atoms with van der Waals surface area (Å²) in [4.78, 5) is 22.1. The second-order valence-electron chi connectivity index (χ2n) is 4.50. The molecule has 0 aromatic heterocycles. The van der Waals surface area contributed by atoms with Crippen molar-refractivity contribution in [2.45, 2.75) is 46.5 Å². The van der Waals surface area contributed by atoms with Gasteiger partial charge in [0.25, 0.3) is 0 Å². The Balaban J connectivity index is 3.50. The van der Waals surface area contributed by atoms with Crippen molar-refractivity contribution in [3.63, 3.8) is 0 Å². The molecule has 0 aliphatic carbocycles. The average molecular weight is 256 g/mol. The van der Waals surface area contributed by atoms with Crippen molar-refractivity contribution < 1.29 is 19.1 Å². The summed E-state index contributed by atoms with van der Waals surface area (Å²) in [5, 5.41) is 0. The van der Waals surface area contributed by atoms with Crippen molar-refractivity contribution >= 4 is 11.9 Å². The fourth-order valence-corrected chi connectivity index (χ4v) is 1.38. The Morgan fingerprint density at radius 1 is 1.00 bits per heavy atom. The van der Waals surface area contributed by atoms with E-state index in [2.05, 4.69) is 18.6 Å². The van der Waals surface area contributed by atoms with Gasteiger partial charge in [-0.05, 0) is 19.3 Å². The maximum Gasteiger partial charge on any atom is 0.331 e. The summed E-state index contributed by atoms with van der Waals surface area (Å²) in [6.45, 7) is 6.81.